The average Bonchev–Trinajstić information content (AvgIpc) is 2.86. The maximum Gasteiger partial charge on any atom is 0.239 e. The van der Waals surface area contributed by atoms with Crippen LogP contribution in [0.25, 0.3) is 0 Å². The highest BCUT2D eigenvalue weighted by molar-refractivity contribution is 5.82. The molecule has 6 heteroatoms. The molecule has 1 saturated heterocycles. The van der Waals surface area contributed by atoms with Gasteiger partial charge in [-0.25, -0.2) is 8.78 Å². The van der Waals surface area contributed by atoms with E-state index in [1.807, 2.05) is 4.90 Å². The van der Waals surface area contributed by atoms with Gasteiger partial charge in [0.1, 0.15) is 11.6 Å². The predicted molar refractivity (Wildman–Crippen MR) is 136 cm³/mol. The highest BCUT2D eigenvalue weighted by Gasteiger charge is 2.32. The summed E-state index contributed by atoms with van der Waals surface area (Å²) in [7, 11) is 0. The number of carbonyl (C=O) groups is 1. The van der Waals surface area contributed by atoms with Crippen LogP contribution in [0.3, 0.4) is 0 Å². The van der Waals surface area contributed by atoms with Gasteiger partial charge in [-0.1, -0.05) is 57.4 Å². The van der Waals surface area contributed by atoms with E-state index in [0.717, 1.165) is 30.4 Å². The van der Waals surface area contributed by atoms with Gasteiger partial charge in [0.15, 0.2) is 0 Å². The van der Waals surface area contributed by atoms with E-state index >= 15 is 0 Å². The summed E-state index contributed by atoms with van der Waals surface area (Å²) in [6.45, 7) is 7.08. The van der Waals surface area contributed by atoms with Crippen LogP contribution in [0.5, 0.6) is 0 Å². The maximum absolute atomic E-state index is 13.6. The Morgan fingerprint density at radius 1 is 0.857 bits per heavy atom. The summed E-state index contributed by atoms with van der Waals surface area (Å²) in [4.78, 5) is 17.9. The van der Waals surface area contributed by atoms with Crippen molar-refractivity contribution in [2.75, 3.05) is 26.2 Å². The molecule has 2 aromatic carbocycles. The number of amides is 1. The van der Waals surface area contributed by atoms with Crippen molar-refractivity contribution in [1.29, 1.82) is 0 Å². The van der Waals surface area contributed by atoms with Crippen LogP contribution in [0.4, 0.5) is 8.78 Å². The average molecular weight is 484 g/mol. The predicted octanol–water partition coefficient (Wildman–Crippen LogP) is 5.54. The van der Waals surface area contributed by atoms with Crippen LogP contribution < -0.4 is 5.32 Å². The molecule has 4 rings (SSSR count). The van der Waals surface area contributed by atoms with Crippen LogP contribution in [0.1, 0.15) is 69.5 Å². The molecule has 0 unspecified atom stereocenters. The molecule has 1 amide bonds. The number of carbonyl (C=O) groups excluding carboxylic acids is 1. The maximum atomic E-state index is 13.6. The van der Waals surface area contributed by atoms with Gasteiger partial charge in [-0.05, 0) is 60.6 Å². The van der Waals surface area contributed by atoms with Crippen LogP contribution in [-0.2, 0) is 4.79 Å². The molecular weight excluding hydrogens is 444 g/mol. The second-order valence-electron chi connectivity index (χ2n) is 10.6. The van der Waals surface area contributed by atoms with Crippen LogP contribution in [0.15, 0.2) is 48.5 Å². The van der Waals surface area contributed by atoms with Crippen molar-refractivity contribution >= 4 is 5.91 Å². The minimum Gasteiger partial charge on any atom is -0.339 e. The lowest BCUT2D eigenvalue weighted by atomic mass is 9.93. The third kappa shape index (κ3) is 6.89. The molecule has 0 aromatic heterocycles. The number of nitrogens with zero attached hydrogens (tertiary/aromatic N) is 2. The Hall–Kier alpha value is -2.31. The fourth-order valence-electron chi connectivity index (χ4n) is 5.59. The molecule has 1 heterocycles. The van der Waals surface area contributed by atoms with Gasteiger partial charge in [0.25, 0.3) is 0 Å². The van der Waals surface area contributed by atoms with Gasteiger partial charge in [-0.15, -0.1) is 0 Å². The number of rotatable bonds is 8. The molecule has 2 aromatic rings. The molecule has 1 saturated carbocycles. The van der Waals surface area contributed by atoms with Gasteiger partial charge in [0, 0.05) is 32.2 Å². The molecule has 190 valence electrons. The quantitative estimate of drug-likeness (QED) is 0.536. The minimum atomic E-state index is -0.274. The van der Waals surface area contributed by atoms with E-state index in [0.29, 0.717) is 38.1 Å². The van der Waals surface area contributed by atoms with Gasteiger partial charge in [0.05, 0.1) is 12.1 Å². The molecule has 1 aliphatic carbocycles. The van der Waals surface area contributed by atoms with Crippen LogP contribution in [-0.4, -0.2) is 54.0 Å². The largest absolute Gasteiger partial charge is 0.339 e. The first-order valence-corrected chi connectivity index (χ1v) is 13.2. The Labute approximate surface area is 208 Å². The van der Waals surface area contributed by atoms with Crippen molar-refractivity contribution in [1.82, 2.24) is 15.1 Å². The molecule has 1 N–H and O–H groups in total. The SMILES string of the molecule is CC(C)C[C@H](NC1CCCCC1)C(=O)N1CCN(C(c2ccc(F)cc2)c2ccc(F)cc2)CC1. The van der Waals surface area contributed by atoms with Gasteiger partial charge < -0.3 is 10.2 Å². The molecule has 0 spiro atoms. The summed E-state index contributed by atoms with van der Waals surface area (Å²) in [5.41, 5.74) is 1.93. The number of hydrogen-bond donors (Lipinski definition) is 1. The molecule has 2 fully saturated rings. The number of hydrogen-bond acceptors (Lipinski definition) is 3. The van der Waals surface area contributed by atoms with Gasteiger partial charge >= 0.3 is 0 Å². The van der Waals surface area contributed by atoms with E-state index in [2.05, 4.69) is 24.1 Å². The number of nitrogens with one attached hydrogen (secondary N) is 1. The zero-order valence-corrected chi connectivity index (χ0v) is 21.1. The van der Waals surface area contributed by atoms with E-state index in [1.165, 1.54) is 43.5 Å². The van der Waals surface area contributed by atoms with E-state index in [1.54, 1.807) is 24.3 Å². The van der Waals surface area contributed by atoms with Crippen LogP contribution in [0, 0.1) is 17.6 Å². The second-order valence-corrected chi connectivity index (χ2v) is 10.6. The highest BCUT2D eigenvalue weighted by atomic mass is 19.1. The Balaban J connectivity index is 1.45. The number of piperazine rings is 1. The molecular formula is C29H39F2N3O. The Bertz CT molecular complexity index is 888. The van der Waals surface area contributed by atoms with E-state index < -0.39 is 0 Å². The summed E-state index contributed by atoms with van der Waals surface area (Å²) in [6, 6.07) is 13.3. The summed E-state index contributed by atoms with van der Waals surface area (Å²) >= 11 is 0. The van der Waals surface area contributed by atoms with Crippen LogP contribution >= 0.6 is 0 Å². The molecule has 35 heavy (non-hydrogen) atoms. The van der Waals surface area contributed by atoms with Crippen molar-refractivity contribution in [3.8, 4) is 0 Å². The van der Waals surface area contributed by atoms with Crippen molar-refractivity contribution in [3.05, 3.63) is 71.3 Å². The van der Waals surface area contributed by atoms with Gasteiger partial charge in [-0.3, -0.25) is 9.69 Å². The third-order valence-electron chi connectivity index (χ3n) is 7.41. The number of benzene rings is 2. The fourth-order valence-corrected chi connectivity index (χ4v) is 5.59. The van der Waals surface area contributed by atoms with Crippen LogP contribution in [0.2, 0.25) is 0 Å². The molecule has 4 nitrogen and oxygen atoms in total. The third-order valence-corrected chi connectivity index (χ3v) is 7.41. The Kier molecular flexibility index (Phi) is 8.90. The Morgan fingerprint density at radius 2 is 1.37 bits per heavy atom. The minimum absolute atomic E-state index is 0.111. The topological polar surface area (TPSA) is 35.6 Å². The second kappa shape index (κ2) is 12.1. The first-order chi connectivity index (χ1) is 16.9. The summed E-state index contributed by atoms with van der Waals surface area (Å²) < 4.78 is 27.2. The van der Waals surface area contributed by atoms with E-state index in [4.69, 9.17) is 0 Å². The molecule has 0 bridgehead atoms. The normalized spacial score (nSPS) is 18.9. The zero-order chi connectivity index (χ0) is 24.8. The lowest BCUT2D eigenvalue weighted by molar-refractivity contribution is -0.136. The van der Waals surface area contributed by atoms with E-state index in [-0.39, 0.29) is 29.6 Å². The Morgan fingerprint density at radius 3 is 1.86 bits per heavy atom. The van der Waals surface area contributed by atoms with Gasteiger partial charge in [-0.2, -0.15) is 0 Å². The monoisotopic (exact) mass is 483 g/mol. The zero-order valence-electron chi connectivity index (χ0n) is 21.1. The van der Waals surface area contributed by atoms with Crippen molar-refractivity contribution in [3.63, 3.8) is 0 Å². The summed E-state index contributed by atoms with van der Waals surface area (Å²) in [6.07, 6.45) is 6.95. The van der Waals surface area contributed by atoms with Crippen molar-refractivity contribution < 1.29 is 13.6 Å². The molecule has 0 radical (unpaired) electrons. The van der Waals surface area contributed by atoms with E-state index in [9.17, 15) is 13.6 Å². The molecule has 2 aliphatic rings. The highest BCUT2D eigenvalue weighted by Crippen LogP contribution is 2.30. The van der Waals surface area contributed by atoms with Crippen molar-refractivity contribution in [2.45, 2.75) is 70.5 Å². The molecule has 1 aliphatic heterocycles. The first kappa shape index (κ1) is 25.8. The first-order valence-electron chi connectivity index (χ1n) is 13.2. The molecule has 1 atom stereocenters. The number of halogens is 2. The smallest absolute Gasteiger partial charge is 0.239 e. The summed E-state index contributed by atoms with van der Waals surface area (Å²) in [5, 5.41) is 3.70. The van der Waals surface area contributed by atoms with Crippen molar-refractivity contribution in [2.24, 2.45) is 5.92 Å². The summed E-state index contributed by atoms with van der Waals surface area (Å²) in [5.74, 6) is 0.110. The standard InChI is InChI=1S/C29H39F2N3O/c1-21(2)20-27(32-26-6-4-3-5-7-26)29(35)34-18-16-33(17-19-34)28(22-8-12-24(30)13-9-22)23-10-14-25(31)15-11-23/h8-15,21,26-28,32H,3-7,16-20H2,1-2H3/t27-/m0/s1. The lowest BCUT2D eigenvalue weighted by Crippen LogP contribution is -2.56. The fraction of sp³-hybridized carbons (Fsp3) is 0.552. The lowest BCUT2D eigenvalue weighted by Gasteiger charge is -2.41. The van der Waals surface area contributed by atoms with Gasteiger partial charge in [0.2, 0.25) is 5.91 Å².